The van der Waals surface area contributed by atoms with E-state index in [1.807, 2.05) is 19.1 Å². The number of carbonyl (C=O) groups is 3. The molecule has 4 rings (SSSR count). The summed E-state index contributed by atoms with van der Waals surface area (Å²) in [6.07, 6.45) is 1.50. The van der Waals surface area contributed by atoms with Crippen LogP contribution in [0.3, 0.4) is 0 Å². The number of nitrogens with one attached hydrogen (secondary N) is 2. The van der Waals surface area contributed by atoms with Crippen molar-refractivity contribution in [1.82, 2.24) is 10.2 Å². The molecule has 0 spiro atoms. The predicted octanol–water partition coefficient (Wildman–Crippen LogP) is 3.16. The Hall–Kier alpha value is -3.20. The number of nitrogens with zero attached hydrogens (tertiary/aromatic N) is 2. The predicted molar refractivity (Wildman–Crippen MR) is 113 cm³/mol. The smallest absolute Gasteiger partial charge is 0.329 e. The monoisotopic (exact) mass is 472 g/mol. The molecule has 2 aliphatic heterocycles. The van der Waals surface area contributed by atoms with Crippen molar-refractivity contribution in [3.63, 3.8) is 0 Å². The first-order valence-electron chi connectivity index (χ1n) is 9.17. The quantitative estimate of drug-likeness (QED) is 0.718. The Morgan fingerprint density at radius 3 is 2.53 bits per heavy atom. The van der Waals surface area contributed by atoms with E-state index in [0.29, 0.717) is 10.2 Å². The number of imide groups is 1. The topological polar surface area (TPSA) is 81.8 Å². The Bertz CT molecular complexity index is 1090. The molecule has 2 aliphatic rings. The normalized spacial score (nSPS) is 20.6. The third kappa shape index (κ3) is 3.45. The summed E-state index contributed by atoms with van der Waals surface area (Å²) < 4.78 is 14.6. The molecule has 0 saturated carbocycles. The van der Waals surface area contributed by atoms with Gasteiger partial charge in [-0.1, -0.05) is 33.6 Å². The third-order valence-corrected chi connectivity index (χ3v) is 5.61. The second-order valence-corrected chi connectivity index (χ2v) is 8.13. The molecule has 0 aliphatic carbocycles. The highest BCUT2D eigenvalue weighted by atomic mass is 79.9. The molecular weight excluding hydrogens is 455 g/mol. The van der Waals surface area contributed by atoms with E-state index < -0.39 is 35.7 Å². The number of amides is 4. The van der Waals surface area contributed by atoms with Crippen molar-refractivity contribution < 1.29 is 18.8 Å². The molecule has 0 aromatic heterocycles. The van der Waals surface area contributed by atoms with Crippen LogP contribution in [0.25, 0.3) is 0 Å². The van der Waals surface area contributed by atoms with Gasteiger partial charge in [0, 0.05) is 17.7 Å². The molecule has 2 heterocycles. The van der Waals surface area contributed by atoms with Gasteiger partial charge >= 0.3 is 6.03 Å². The zero-order valence-electron chi connectivity index (χ0n) is 16.1. The van der Waals surface area contributed by atoms with Crippen molar-refractivity contribution in [3.05, 3.63) is 70.1 Å². The van der Waals surface area contributed by atoms with Crippen LogP contribution < -0.4 is 15.5 Å². The first-order valence-corrected chi connectivity index (χ1v) is 9.97. The van der Waals surface area contributed by atoms with Crippen LogP contribution in [0.1, 0.15) is 5.56 Å². The zero-order valence-corrected chi connectivity index (χ0v) is 17.7. The largest absolute Gasteiger partial charge is 0.366 e. The molecule has 2 unspecified atom stereocenters. The maximum atomic E-state index is 14.1. The average molecular weight is 473 g/mol. The van der Waals surface area contributed by atoms with Gasteiger partial charge in [0.1, 0.15) is 11.9 Å². The molecule has 0 radical (unpaired) electrons. The molecule has 2 atom stereocenters. The van der Waals surface area contributed by atoms with E-state index in [1.54, 1.807) is 30.1 Å². The van der Waals surface area contributed by atoms with Crippen LogP contribution in [0.15, 0.2) is 58.7 Å². The van der Waals surface area contributed by atoms with Gasteiger partial charge in [0.25, 0.3) is 11.8 Å². The number of likely N-dealkylation sites (N-methyl/N-ethyl adjacent to an activating group) is 1. The zero-order chi connectivity index (χ0) is 21.6. The molecule has 2 aromatic carbocycles. The third-order valence-electron chi connectivity index (χ3n) is 5.12. The van der Waals surface area contributed by atoms with Crippen molar-refractivity contribution in [2.45, 2.75) is 19.0 Å². The molecule has 2 aromatic rings. The second kappa shape index (κ2) is 7.56. The van der Waals surface area contributed by atoms with Crippen LogP contribution in [-0.4, -0.2) is 41.9 Å². The minimum absolute atomic E-state index is 0.00458. The van der Waals surface area contributed by atoms with Crippen molar-refractivity contribution in [3.8, 4) is 0 Å². The fraction of sp³-hybridized carbons (Fsp3) is 0.190. The lowest BCUT2D eigenvalue weighted by molar-refractivity contribution is -0.122. The first-order chi connectivity index (χ1) is 14.3. The van der Waals surface area contributed by atoms with Gasteiger partial charge in [0.05, 0.1) is 23.0 Å². The van der Waals surface area contributed by atoms with Gasteiger partial charge in [-0.05, 0) is 37.3 Å². The van der Waals surface area contributed by atoms with E-state index in [2.05, 4.69) is 26.6 Å². The molecule has 154 valence electrons. The molecule has 4 amide bonds. The highest BCUT2D eigenvalue weighted by Gasteiger charge is 2.49. The van der Waals surface area contributed by atoms with E-state index in [1.165, 1.54) is 18.3 Å². The summed E-state index contributed by atoms with van der Waals surface area (Å²) in [5, 5.41) is 5.24. The van der Waals surface area contributed by atoms with Gasteiger partial charge in [0.2, 0.25) is 0 Å². The van der Waals surface area contributed by atoms with Crippen LogP contribution in [0, 0.1) is 12.7 Å². The van der Waals surface area contributed by atoms with Gasteiger partial charge in [-0.2, -0.15) is 0 Å². The molecule has 1 saturated heterocycles. The lowest BCUT2D eigenvalue weighted by Crippen LogP contribution is -2.65. The summed E-state index contributed by atoms with van der Waals surface area (Å²) >= 11 is 3.16. The van der Waals surface area contributed by atoms with Crippen LogP contribution >= 0.6 is 15.9 Å². The number of fused-ring (bicyclic) bond motifs is 1. The van der Waals surface area contributed by atoms with E-state index in [-0.39, 0.29) is 11.3 Å². The van der Waals surface area contributed by atoms with E-state index in [4.69, 9.17) is 0 Å². The summed E-state index contributed by atoms with van der Waals surface area (Å²) in [7, 11) is 1.65. The van der Waals surface area contributed by atoms with Gasteiger partial charge in [-0.3, -0.25) is 9.59 Å². The molecule has 1 fully saturated rings. The standard InChI is InChI=1S/C21H18BrFN4O3/c1-11-3-6-13(7-4-11)27-20(29)18-17(25-21(27)30)14(10-26(18)2)19(28)24-16-8-5-12(22)9-15(16)23/h3-10,17-18H,1-2H3,(H,24,28)(H,25,30). The fourth-order valence-corrected chi connectivity index (χ4v) is 3.95. The SMILES string of the molecule is Cc1ccc(N2C(=O)NC3C(C(=O)Nc4ccc(Br)cc4F)=CN(C)C3C2=O)cc1. The number of urea groups is 1. The highest BCUT2D eigenvalue weighted by molar-refractivity contribution is 9.10. The number of benzene rings is 2. The summed E-state index contributed by atoms with van der Waals surface area (Å²) in [4.78, 5) is 41.3. The number of anilines is 2. The molecule has 9 heteroatoms. The molecular formula is C21H18BrFN4O3. The first kappa shape index (κ1) is 20.1. The molecule has 30 heavy (non-hydrogen) atoms. The maximum Gasteiger partial charge on any atom is 0.329 e. The van der Waals surface area contributed by atoms with Gasteiger partial charge in [0.15, 0.2) is 0 Å². The minimum Gasteiger partial charge on any atom is -0.366 e. The number of hydrogen-bond donors (Lipinski definition) is 2. The second-order valence-electron chi connectivity index (χ2n) is 7.21. The number of carbonyl (C=O) groups excluding carboxylic acids is 3. The van der Waals surface area contributed by atoms with E-state index in [9.17, 15) is 18.8 Å². The van der Waals surface area contributed by atoms with Gasteiger partial charge < -0.3 is 15.5 Å². The summed E-state index contributed by atoms with van der Waals surface area (Å²) in [6, 6.07) is 9.04. The number of rotatable bonds is 3. The Morgan fingerprint density at radius 2 is 1.87 bits per heavy atom. The van der Waals surface area contributed by atoms with E-state index >= 15 is 0 Å². The summed E-state index contributed by atoms with van der Waals surface area (Å²) in [6.45, 7) is 1.91. The molecule has 0 bridgehead atoms. The van der Waals surface area contributed by atoms with Crippen LogP contribution in [0.5, 0.6) is 0 Å². The van der Waals surface area contributed by atoms with Crippen LogP contribution in [0.4, 0.5) is 20.6 Å². The molecule has 2 N–H and O–H groups in total. The number of halogens is 2. The Labute approximate surface area is 180 Å². The maximum absolute atomic E-state index is 14.1. The lowest BCUT2D eigenvalue weighted by atomic mass is 9.99. The minimum atomic E-state index is -0.838. The summed E-state index contributed by atoms with van der Waals surface area (Å²) in [5.41, 5.74) is 1.63. The van der Waals surface area contributed by atoms with Gasteiger partial charge in [-0.25, -0.2) is 14.1 Å². The number of hydrogen-bond acceptors (Lipinski definition) is 4. The van der Waals surface area contributed by atoms with Gasteiger partial charge in [-0.15, -0.1) is 0 Å². The molecule has 7 nitrogen and oxygen atoms in total. The van der Waals surface area contributed by atoms with E-state index in [0.717, 1.165) is 10.5 Å². The Balaban J connectivity index is 1.58. The summed E-state index contributed by atoms with van der Waals surface area (Å²) in [5.74, 6) is -1.63. The van der Waals surface area contributed by atoms with Crippen molar-refractivity contribution in [2.75, 3.05) is 17.3 Å². The fourth-order valence-electron chi connectivity index (χ4n) is 3.61. The Morgan fingerprint density at radius 1 is 1.17 bits per heavy atom. The average Bonchev–Trinajstić information content (AvgIpc) is 3.02. The number of aryl methyl sites for hydroxylation is 1. The van der Waals surface area contributed by atoms with Crippen LogP contribution in [-0.2, 0) is 9.59 Å². The highest BCUT2D eigenvalue weighted by Crippen LogP contribution is 2.30. The Kier molecular flexibility index (Phi) is 5.07. The van der Waals surface area contributed by atoms with Crippen LogP contribution in [0.2, 0.25) is 0 Å². The van der Waals surface area contributed by atoms with Crippen molar-refractivity contribution in [1.29, 1.82) is 0 Å². The van der Waals surface area contributed by atoms with Crippen molar-refractivity contribution in [2.24, 2.45) is 0 Å². The van der Waals surface area contributed by atoms with Crippen molar-refractivity contribution >= 4 is 45.2 Å². The lowest BCUT2D eigenvalue weighted by Gasteiger charge is -2.37.